The second kappa shape index (κ2) is 12.1. The molecule has 0 amide bonds. The van der Waals surface area contributed by atoms with Crippen molar-refractivity contribution >= 4 is 71.7 Å². The van der Waals surface area contributed by atoms with Crippen molar-refractivity contribution < 1.29 is 8.83 Å². The van der Waals surface area contributed by atoms with Gasteiger partial charge in [-0.2, -0.15) is 0 Å². The van der Waals surface area contributed by atoms with E-state index in [2.05, 4.69) is 196 Å². The Morgan fingerprint density at radius 1 is 0.377 bits per heavy atom. The summed E-state index contributed by atoms with van der Waals surface area (Å²) in [6.45, 7) is 9.46. The van der Waals surface area contributed by atoms with Gasteiger partial charge in [0.1, 0.15) is 22.3 Å². The molecule has 13 rings (SSSR count). The molecule has 61 heavy (non-hydrogen) atoms. The zero-order chi connectivity index (χ0) is 40.8. The van der Waals surface area contributed by atoms with Crippen LogP contribution in [0.15, 0.2) is 185 Å². The van der Waals surface area contributed by atoms with Crippen molar-refractivity contribution in [3.05, 3.63) is 198 Å². The fraction of sp³-hybridized carbons (Fsp3) is 0.103. The molecule has 2 heterocycles. The van der Waals surface area contributed by atoms with Crippen molar-refractivity contribution in [3.8, 4) is 33.4 Å². The van der Waals surface area contributed by atoms with Crippen molar-refractivity contribution in [2.45, 2.75) is 38.5 Å². The fourth-order valence-electron chi connectivity index (χ4n) is 11.1. The number of nitrogens with zero attached hydrogens (tertiary/aromatic N) is 1. The molecule has 0 aliphatic heterocycles. The zero-order valence-electron chi connectivity index (χ0n) is 34.5. The van der Waals surface area contributed by atoms with Crippen molar-refractivity contribution in [2.24, 2.45) is 0 Å². The minimum absolute atomic E-state index is 0.172. The summed E-state index contributed by atoms with van der Waals surface area (Å²) in [5, 5.41) is 6.67. The first-order chi connectivity index (χ1) is 29.8. The summed E-state index contributed by atoms with van der Waals surface area (Å²) in [5.41, 5.74) is 19.1. The molecule has 0 spiro atoms. The van der Waals surface area contributed by atoms with E-state index in [1.165, 1.54) is 55.3 Å². The van der Waals surface area contributed by atoms with Gasteiger partial charge in [0.05, 0.1) is 5.69 Å². The molecule has 3 nitrogen and oxygen atoms in total. The molecule has 0 unspecified atom stereocenters. The van der Waals surface area contributed by atoms with Gasteiger partial charge in [-0.25, -0.2) is 0 Å². The number of rotatable bonds is 4. The van der Waals surface area contributed by atoms with Gasteiger partial charge < -0.3 is 13.7 Å². The quantitative estimate of drug-likeness (QED) is 0.178. The lowest BCUT2D eigenvalue weighted by atomic mass is 9.82. The Morgan fingerprint density at radius 2 is 0.902 bits per heavy atom. The highest BCUT2D eigenvalue weighted by Gasteiger charge is 2.38. The van der Waals surface area contributed by atoms with Gasteiger partial charge in [-0.15, -0.1) is 0 Å². The third-order valence-electron chi connectivity index (χ3n) is 14.1. The Balaban J connectivity index is 1.15. The van der Waals surface area contributed by atoms with Crippen LogP contribution < -0.4 is 4.90 Å². The summed E-state index contributed by atoms with van der Waals surface area (Å²) in [6.07, 6.45) is 0. The minimum Gasteiger partial charge on any atom is -0.456 e. The van der Waals surface area contributed by atoms with Crippen molar-refractivity contribution in [2.75, 3.05) is 4.90 Å². The summed E-state index contributed by atoms with van der Waals surface area (Å²) in [5.74, 6) is 0. The summed E-state index contributed by atoms with van der Waals surface area (Å²) < 4.78 is 13.6. The maximum atomic E-state index is 7.21. The Labute approximate surface area is 354 Å². The third-order valence-corrected chi connectivity index (χ3v) is 14.1. The summed E-state index contributed by atoms with van der Waals surface area (Å²) in [4.78, 5) is 2.49. The molecule has 2 aliphatic rings. The molecule has 2 aromatic heterocycles. The first-order valence-corrected chi connectivity index (χ1v) is 21.3. The molecular weight excluding hydrogens is 743 g/mol. The van der Waals surface area contributed by atoms with Crippen molar-refractivity contribution in [1.29, 1.82) is 0 Å². The van der Waals surface area contributed by atoms with Crippen molar-refractivity contribution in [1.82, 2.24) is 0 Å². The van der Waals surface area contributed by atoms with E-state index in [0.29, 0.717) is 0 Å². The maximum absolute atomic E-state index is 7.21. The lowest BCUT2D eigenvalue weighted by Crippen LogP contribution is -2.18. The summed E-state index contributed by atoms with van der Waals surface area (Å²) in [7, 11) is 0. The van der Waals surface area contributed by atoms with E-state index in [-0.39, 0.29) is 10.8 Å². The van der Waals surface area contributed by atoms with E-state index in [9.17, 15) is 0 Å². The lowest BCUT2D eigenvalue weighted by Gasteiger charge is -2.31. The Bertz CT molecular complexity index is 3560. The van der Waals surface area contributed by atoms with Gasteiger partial charge >= 0.3 is 0 Å². The molecule has 0 N–H and O–H groups in total. The molecular formula is C58H41NO2. The van der Waals surface area contributed by atoms with Crippen LogP contribution in [0.2, 0.25) is 0 Å². The number of benzene rings is 9. The molecule has 11 aromatic rings. The monoisotopic (exact) mass is 783 g/mol. The summed E-state index contributed by atoms with van der Waals surface area (Å²) in [6, 6.07) is 64.4. The number of furan rings is 2. The standard InChI is InChI=1S/C58H41NO2/c1-57(2)45-21-10-7-17-38(45)40-26-24-35(32-47(40)57)59(36-25-27-41-39-18-8-11-22-46(39)58(3,4)48(41)33-36)49-29-28-44-55-52(31-30-51-54(55)43-19-9-12-23-50(43)60-51)61-56(44)53(49)42-20-13-15-34-14-5-6-16-37(34)42/h5-33H,1-4H3. The number of fused-ring (bicyclic) bond motifs is 14. The summed E-state index contributed by atoms with van der Waals surface area (Å²) >= 11 is 0. The Morgan fingerprint density at radius 3 is 1.59 bits per heavy atom. The highest BCUT2D eigenvalue weighted by atomic mass is 16.3. The van der Waals surface area contributed by atoms with E-state index >= 15 is 0 Å². The first kappa shape index (κ1) is 34.5. The third kappa shape index (κ3) is 4.64. The number of anilines is 3. The van der Waals surface area contributed by atoms with Gasteiger partial charge in [0.2, 0.25) is 0 Å². The largest absolute Gasteiger partial charge is 0.456 e. The van der Waals surface area contributed by atoms with Crippen LogP contribution in [0.25, 0.3) is 88.0 Å². The van der Waals surface area contributed by atoms with Crippen LogP contribution in [0.4, 0.5) is 17.1 Å². The van der Waals surface area contributed by atoms with Gasteiger partial charge in [-0.05, 0) is 115 Å². The van der Waals surface area contributed by atoms with E-state index in [1.807, 2.05) is 12.1 Å². The predicted molar refractivity (Wildman–Crippen MR) is 254 cm³/mol. The second-order valence-electron chi connectivity index (χ2n) is 18.0. The van der Waals surface area contributed by atoms with Gasteiger partial charge in [-0.1, -0.05) is 149 Å². The maximum Gasteiger partial charge on any atom is 0.145 e. The average molecular weight is 784 g/mol. The molecule has 0 atom stereocenters. The molecule has 3 heteroatoms. The Hall–Kier alpha value is -7.36. The van der Waals surface area contributed by atoms with E-state index in [4.69, 9.17) is 8.83 Å². The molecule has 9 aromatic carbocycles. The highest BCUT2D eigenvalue weighted by Crippen LogP contribution is 2.55. The second-order valence-corrected chi connectivity index (χ2v) is 18.0. The van der Waals surface area contributed by atoms with Crippen LogP contribution in [0.1, 0.15) is 49.9 Å². The van der Waals surface area contributed by atoms with E-state index in [0.717, 1.165) is 72.1 Å². The molecule has 290 valence electrons. The smallest absolute Gasteiger partial charge is 0.145 e. The highest BCUT2D eigenvalue weighted by molar-refractivity contribution is 6.28. The van der Waals surface area contributed by atoms with Gasteiger partial charge in [0.15, 0.2) is 0 Å². The predicted octanol–water partition coefficient (Wildman–Crippen LogP) is 16.4. The minimum atomic E-state index is -0.172. The van der Waals surface area contributed by atoms with Gasteiger partial charge in [-0.3, -0.25) is 0 Å². The molecule has 0 saturated heterocycles. The average Bonchev–Trinajstić information content (AvgIpc) is 3.99. The topological polar surface area (TPSA) is 29.5 Å². The fourth-order valence-corrected chi connectivity index (χ4v) is 11.1. The molecule has 0 saturated carbocycles. The zero-order valence-corrected chi connectivity index (χ0v) is 34.5. The van der Waals surface area contributed by atoms with Crippen molar-refractivity contribution in [3.63, 3.8) is 0 Å². The Kier molecular flexibility index (Phi) is 6.85. The SMILES string of the molecule is CC1(C)c2ccccc2-c2ccc(N(c3ccc4c(c3)C(C)(C)c3ccccc3-4)c3ccc4c(oc5ccc6oc7ccccc7c6c54)c3-c3cccc4ccccc34)cc21. The van der Waals surface area contributed by atoms with Crippen LogP contribution in [-0.4, -0.2) is 0 Å². The van der Waals surface area contributed by atoms with Gasteiger partial charge in [0.25, 0.3) is 0 Å². The molecule has 0 radical (unpaired) electrons. The van der Waals surface area contributed by atoms with Crippen LogP contribution in [0, 0.1) is 0 Å². The van der Waals surface area contributed by atoms with Crippen LogP contribution in [0.5, 0.6) is 0 Å². The van der Waals surface area contributed by atoms with E-state index < -0.39 is 0 Å². The van der Waals surface area contributed by atoms with Gasteiger partial charge in [0, 0.05) is 49.3 Å². The first-order valence-electron chi connectivity index (χ1n) is 21.3. The van der Waals surface area contributed by atoms with E-state index in [1.54, 1.807) is 0 Å². The van der Waals surface area contributed by atoms with Crippen LogP contribution in [-0.2, 0) is 10.8 Å². The molecule has 2 aliphatic carbocycles. The number of hydrogen-bond acceptors (Lipinski definition) is 3. The van der Waals surface area contributed by atoms with Crippen LogP contribution in [0.3, 0.4) is 0 Å². The normalized spacial score (nSPS) is 14.5. The number of hydrogen-bond donors (Lipinski definition) is 0. The molecule has 0 bridgehead atoms. The number of para-hydroxylation sites is 1. The van der Waals surface area contributed by atoms with Crippen LogP contribution >= 0.6 is 0 Å². The lowest BCUT2D eigenvalue weighted by molar-refractivity contribution is 0.660. The molecule has 0 fully saturated rings.